The maximum Gasteiger partial charge on any atom is 0.119 e. The summed E-state index contributed by atoms with van der Waals surface area (Å²) in [6.07, 6.45) is 9.98. The summed E-state index contributed by atoms with van der Waals surface area (Å²) in [7, 11) is 0. The van der Waals surface area contributed by atoms with E-state index in [0.29, 0.717) is 0 Å². The van der Waals surface area contributed by atoms with Crippen molar-refractivity contribution in [3.05, 3.63) is 54.1 Å². The number of aryl methyl sites for hydroxylation is 1. The van der Waals surface area contributed by atoms with Crippen molar-refractivity contribution >= 4 is 11.4 Å². The number of hydrogen-bond donors (Lipinski definition) is 0. The van der Waals surface area contributed by atoms with Gasteiger partial charge in [-0.1, -0.05) is 58.1 Å². The summed E-state index contributed by atoms with van der Waals surface area (Å²) in [5, 5.41) is 8.64. The average molecular weight is 353 g/mol. The van der Waals surface area contributed by atoms with Gasteiger partial charge in [-0.2, -0.15) is 10.2 Å². The molecule has 0 radical (unpaired) electrons. The molecule has 0 amide bonds. The van der Waals surface area contributed by atoms with Crippen LogP contribution in [0.25, 0.3) is 0 Å². The van der Waals surface area contributed by atoms with Crippen LogP contribution in [0.4, 0.5) is 11.4 Å². The molecule has 0 aromatic heterocycles. The molecular weight excluding hydrogens is 320 g/mol. The average Bonchev–Trinajstić information content (AvgIpc) is 2.68. The van der Waals surface area contributed by atoms with Crippen LogP contribution in [-0.2, 0) is 6.42 Å². The van der Waals surface area contributed by atoms with Gasteiger partial charge in [-0.3, -0.25) is 0 Å². The van der Waals surface area contributed by atoms with Crippen molar-refractivity contribution in [2.24, 2.45) is 10.2 Å². The highest BCUT2D eigenvalue weighted by molar-refractivity contribution is 5.43. The summed E-state index contributed by atoms with van der Waals surface area (Å²) in [4.78, 5) is 0. The van der Waals surface area contributed by atoms with Crippen molar-refractivity contribution in [3.8, 4) is 5.75 Å². The molecule has 0 aliphatic carbocycles. The van der Waals surface area contributed by atoms with Crippen molar-refractivity contribution in [2.75, 3.05) is 6.61 Å². The number of hydrogen-bond acceptors (Lipinski definition) is 3. The first-order valence-electron chi connectivity index (χ1n) is 10.1. The Morgan fingerprint density at radius 3 is 1.85 bits per heavy atom. The third kappa shape index (κ3) is 7.81. The SMILES string of the molecule is CCCCCCCc1ccc(N=Nc2ccc(OCCCC)cc2)cc1. The molecule has 3 nitrogen and oxygen atoms in total. The lowest BCUT2D eigenvalue weighted by atomic mass is 10.1. The minimum absolute atomic E-state index is 0.766. The molecule has 2 aromatic carbocycles. The third-order valence-corrected chi connectivity index (χ3v) is 4.39. The monoisotopic (exact) mass is 352 g/mol. The number of ether oxygens (including phenoxy) is 1. The summed E-state index contributed by atoms with van der Waals surface area (Å²) in [5.74, 6) is 0.890. The topological polar surface area (TPSA) is 34.0 Å². The molecule has 0 aliphatic rings. The van der Waals surface area contributed by atoms with Crippen LogP contribution in [0.5, 0.6) is 5.75 Å². The van der Waals surface area contributed by atoms with Gasteiger partial charge in [-0.25, -0.2) is 0 Å². The van der Waals surface area contributed by atoms with E-state index in [9.17, 15) is 0 Å². The van der Waals surface area contributed by atoms with Crippen LogP contribution in [0.1, 0.15) is 64.4 Å². The zero-order valence-corrected chi connectivity index (χ0v) is 16.3. The van der Waals surface area contributed by atoms with Gasteiger partial charge < -0.3 is 4.74 Å². The lowest BCUT2D eigenvalue weighted by molar-refractivity contribution is 0.309. The molecule has 2 rings (SSSR count). The van der Waals surface area contributed by atoms with Gasteiger partial charge in [0.1, 0.15) is 5.75 Å². The van der Waals surface area contributed by atoms with E-state index >= 15 is 0 Å². The highest BCUT2D eigenvalue weighted by Gasteiger charge is 1.97. The van der Waals surface area contributed by atoms with Gasteiger partial charge in [-0.05, 0) is 61.2 Å². The van der Waals surface area contributed by atoms with Gasteiger partial charge in [0.15, 0.2) is 0 Å². The minimum Gasteiger partial charge on any atom is -0.494 e. The van der Waals surface area contributed by atoms with Gasteiger partial charge in [0.05, 0.1) is 18.0 Å². The molecule has 3 heteroatoms. The van der Waals surface area contributed by atoms with E-state index in [1.165, 1.54) is 37.7 Å². The van der Waals surface area contributed by atoms with Crippen LogP contribution in [0.2, 0.25) is 0 Å². The molecule has 140 valence electrons. The summed E-state index contributed by atoms with van der Waals surface area (Å²) >= 11 is 0. The Morgan fingerprint density at radius 1 is 0.654 bits per heavy atom. The summed E-state index contributed by atoms with van der Waals surface area (Å²) in [5.41, 5.74) is 3.12. The van der Waals surface area contributed by atoms with Crippen LogP contribution in [0, 0.1) is 0 Å². The number of rotatable bonds is 12. The zero-order chi connectivity index (χ0) is 18.5. The Kier molecular flexibility index (Phi) is 9.48. The molecule has 0 N–H and O–H groups in total. The second kappa shape index (κ2) is 12.2. The first-order valence-corrected chi connectivity index (χ1v) is 10.1. The Bertz CT molecular complexity index is 632. The first kappa shape index (κ1) is 20.2. The quantitative estimate of drug-likeness (QED) is 0.283. The maximum absolute atomic E-state index is 5.66. The van der Waals surface area contributed by atoms with Gasteiger partial charge in [0.25, 0.3) is 0 Å². The van der Waals surface area contributed by atoms with Crippen LogP contribution in [-0.4, -0.2) is 6.61 Å². The standard InChI is InChI=1S/C23H32N2O/c1-3-5-7-8-9-10-20-11-13-21(14-12-20)24-25-22-15-17-23(18-16-22)26-19-6-4-2/h11-18H,3-10,19H2,1-2H3. The van der Waals surface area contributed by atoms with Crippen molar-refractivity contribution in [2.45, 2.75) is 65.2 Å². The predicted octanol–water partition coefficient (Wildman–Crippen LogP) is 7.79. The normalized spacial score (nSPS) is 11.2. The fourth-order valence-corrected chi connectivity index (χ4v) is 2.72. The van der Waals surface area contributed by atoms with E-state index in [0.717, 1.165) is 43.0 Å². The van der Waals surface area contributed by atoms with E-state index in [4.69, 9.17) is 4.74 Å². The molecule has 0 fully saturated rings. The van der Waals surface area contributed by atoms with Crippen molar-refractivity contribution < 1.29 is 4.74 Å². The number of unbranched alkanes of at least 4 members (excludes halogenated alkanes) is 5. The van der Waals surface area contributed by atoms with E-state index in [2.05, 4.69) is 36.2 Å². The summed E-state index contributed by atoms with van der Waals surface area (Å²) in [6.45, 7) is 5.18. The second-order valence-corrected chi connectivity index (χ2v) is 6.73. The molecule has 26 heavy (non-hydrogen) atoms. The van der Waals surface area contributed by atoms with Crippen molar-refractivity contribution in [1.29, 1.82) is 0 Å². The summed E-state index contributed by atoms with van der Waals surface area (Å²) < 4.78 is 5.66. The van der Waals surface area contributed by atoms with Crippen LogP contribution in [0.3, 0.4) is 0 Å². The van der Waals surface area contributed by atoms with Crippen LogP contribution < -0.4 is 4.74 Å². The Labute approximate surface area is 158 Å². The maximum atomic E-state index is 5.66. The molecule has 0 bridgehead atoms. The second-order valence-electron chi connectivity index (χ2n) is 6.73. The Balaban J connectivity index is 1.78. The number of nitrogens with zero attached hydrogens (tertiary/aromatic N) is 2. The largest absolute Gasteiger partial charge is 0.494 e. The van der Waals surface area contributed by atoms with Crippen molar-refractivity contribution in [3.63, 3.8) is 0 Å². The van der Waals surface area contributed by atoms with Gasteiger partial charge >= 0.3 is 0 Å². The first-order chi connectivity index (χ1) is 12.8. The van der Waals surface area contributed by atoms with Gasteiger partial charge in [-0.15, -0.1) is 0 Å². The van der Waals surface area contributed by atoms with E-state index < -0.39 is 0 Å². The minimum atomic E-state index is 0.766. The lowest BCUT2D eigenvalue weighted by Crippen LogP contribution is -1.95. The fourth-order valence-electron chi connectivity index (χ4n) is 2.72. The highest BCUT2D eigenvalue weighted by Crippen LogP contribution is 2.22. The van der Waals surface area contributed by atoms with E-state index in [-0.39, 0.29) is 0 Å². The molecule has 0 heterocycles. The lowest BCUT2D eigenvalue weighted by Gasteiger charge is -2.04. The molecule has 0 spiro atoms. The van der Waals surface area contributed by atoms with Crippen LogP contribution in [0.15, 0.2) is 58.8 Å². The molecule has 0 atom stereocenters. The summed E-state index contributed by atoms with van der Waals surface area (Å²) in [6, 6.07) is 16.2. The molecule has 2 aromatic rings. The smallest absolute Gasteiger partial charge is 0.119 e. The molecular formula is C23H32N2O. The predicted molar refractivity (Wildman–Crippen MR) is 110 cm³/mol. The Hall–Kier alpha value is -2.16. The van der Waals surface area contributed by atoms with E-state index in [1.807, 2.05) is 36.4 Å². The fraction of sp³-hybridized carbons (Fsp3) is 0.478. The van der Waals surface area contributed by atoms with E-state index in [1.54, 1.807) is 0 Å². The number of benzene rings is 2. The number of azo groups is 1. The Morgan fingerprint density at radius 2 is 1.23 bits per heavy atom. The third-order valence-electron chi connectivity index (χ3n) is 4.39. The van der Waals surface area contributed by atoms with Crippen LogP contribution >= 0.6 is 0 Å². The molecule has 0 saturated carbocycles. The molecule has 0 saturated heterocycles. The molecule has 0 unspecified atom stereocenters. The zero-order valence-electron chi connectivity index (χ0n) is 16.3. The van der Waals surface area contributed by atoms with Gasteiger partial charge in [0.2, 0.25) is 0 Å². The highest BCUT2D eigenvalue weighted by atomic mass is 16.5. The van der Waals surface area contributed by atoms with Crippen molar-refractivity contribution in [1.82, 2.24) is 0 Å². The van der Waals surface area contributed by atoms with Gasteiger partial charge in [0, 0.05) is 0 Å². The molecule has 0 aliphatic heterocycles.